The topological polar surface area (TPSA) is 225 Å². The third-order valence-corrected chi connectivity index (χ3v) is 4.94. The first kappa shape index (κ1) is 24.7. The molecule has 0 aromatic rings. The highest BCUT2D eigenvalue weighted by Crippen LogP contribution is 2.23. The molecule has 2 saturated heterocycles. The van der Waals surface area contributed by atoms with Crippen LogP contribution in [0.2, 0.25) is 0 Å². The fraction of sp³-hybridized carbons (Fsp3) is 1.00. The molecule has 0 amide bonds. The molecule has 2 aliphatic heterocycles. The lowest BCUT2D eigenvalue weighted by molar-refractivity contribution is -0.304. The van der Waals surface area contributed by atoms with E-state index < -0.39 is 80.7 Å². The Hall–Kier alpha value is -0.520. The summed E-state index contributed by atoms with van der Waals surface area (Å²) in [5.41, 5.74) is 5.88. The Morgan fingerprint density at radius 3 is 1.59 bits per heavy atom. The lowest BCUT2D eigenvalue weighted by Crippen LogP contribution is -2.59. The smallest absolute Gasteiger partial charge is 0.186 e. The monoisotopic (exact) mass is 429 g/mol. The molecule has 0 bridgehead atoms. The van der Waals surface area contributed by atoms with Gasteiger partial charge in [-0.3, -0.25) is 0 Å². The number of aliphatic hydroxyl groups is 8. The highest BCUT2D eigenvalue weighted by atomic mass is 16.7. The summed E-state index contributed by atoms with van der Waals surface area (Å²) >= 11 is 0. The van der Waals surface area contributed by atoms with Crippen molar-refractivity contribution in [1.82, 2.24) is 0 Å². The predicted octanol–water partition coefficient (Wildman–Crippen LogP) is -5.66. The van der Waals surface area contributed by atoms with Crippen molar-refractivity contribution in [2.24, 2.45) is 5.73 Å². The van der Waals surface area contributed by atoms with Crippen molar-refractivity contribution in [2.75, 3.05) is 26.4 Å². The highest BCUT2D eigenvalue weighted by Gasteiger charge is 2.45. The van der Waals surface area contributed by atoms with E-state index in [2.05, 4.69) is 0 Å². The van der Waals surface area contributed by atoms with Gasteiger partial charge in [0.1, 0.15) is 48.8 Å². The molecule has 29 heavy (non-hydrogen) atoms. The second-order valence-electron chi connectivity index (χ2n) is 7.15. The van der Waals surface area contributed by atoms with Gasteiger partial charge in [0.2, 0.25) is 0 Å². The van der Waals surface area contributed by atoms with E-state index in [0.717, 1.165) is 0 Å². The first-order valence-corrected chi connectivity index (χ1v) is 9.31. The van der Waals surface area contributed by atoms with Crippen LogP contribution in [0.5, 0.6) is 0 Å². The molecule has 0 aromatic carbocycles. The molecule has 11 atom stereocenters. The molecule has 172 valence electrons. The summed E-state index contributed by atoms with van der Waals surface area (Å²) in [6, 6.07) is -0.618. The van der Waals surface area contributed by atoms with Crippen LogP contribution in [0.4, 0.5) is 0 Å². The van der Waals surface area contributed by atoms with Crippen molar-refractivity contribution < 1.29 is 59.8 Å². The van der Waals surface area contributed by atoms with E-state index in [4.69, 9.17) is 34.9 Å². The second kappa shape index (κ2) is 11.2. The van der Waals surface area contributed by atoms with Crippen LogP contribution < -0.4 is 5.73 Å². The van der Waals surface area contributed by atoms with Crippen LogP contribution >= 0.6 is 0 Å². The van der Waals surface area contributed by atoms with E-state index in [1.165, 1.54) is 0 Å². The van der Waals surface area contributed by atoms with Crippen molar-refractivity contribution in [1.29, 1.82) is 0 Å². The molecule has 0 saturated carbocycles. The zero-order valence-electron chi connectivity index (χ0n) is 15.7. The van der Waals surface area contributed by atoms with Gasteiger partial charge in [-0.05, 0) is 6.42 Å². The summed E-state index contributed by atoms with van der Waals surface area (Å²) in [5, 5.41) is 76.9. The molecule has 0 spiro atoms. The number of nitrogens with two attached hydrogens (primary N) is 1. The standard InChI is InChI=1S/C16H31NO12/c17-6(5-27-16-14(25)12(23)10(21)8(4-19)29-16)1-2-26-15-13(24)11(22)9(20)7(3-18)28-15/h6-16,18-25H,1-5,17H2/t6-,7+,8+,9+,10+,11-,12-,13-,14-,15-,16-/m0/s1. The Bertz CT molecular complexity index is 483. The first-order valence-electron chi connectivity index (χ1n) is 9.31. The zero-order valence-corrected chi connectivity index (χ0v) is 15.7. The van der Waals surface area contributed by atoms with Gasteiger partial charge in [-0.25, -0.2) is 0 Å². The molecule has 13 nitrogen and oxygen atoms in total. The van der Waals surface area contributed by atoms with Gasteiger partial charge in [-0.15, -0.1) is 0 Å². The summed E-state index contributed by atoms with van der Waals surface area (Å²) < 4.78 is 21.0. The fourth-order valence-corrected chi connectivity index (χ4v) is 3.05. The van der Waals surface area contributed by atoms with Gasteiger partial charge in [-0.1, -0.05) is 0 Å². The van der Waals surface area contributed by atoms with Gasteiger partial charge < -0.3 is 65.5 Å². The number of hydrogen-bond donors (Lipinski definition) is 9. The van der Waals surface area contributed by atoms with E-state index in [1.54, 1.807) is 0 Å². The average Bonchev–Trinajstić information content (AvgIpc) is 2.71. The zero-order chi connectivity index (χ0) is 21.7. The summed E-state index contributed by atoms with van der Waals surface area (Å²) in [4.78, 5) is 0. The molecule has 0 aliphatic carbocycles. The molecular formula is C16H31NO12. The molecule has 2 fully saturated rings. The average molecular weight is 429 g/mol. The summed E-state index contributed by atoms with van der Waals surface area (Å²) in [5.74, 6) is 0. The molecule has 0 aromatic heterocycles. The molecule has 0 radical (unpaired) electrons. The van der Waals surface area contributed by atoms with Crippen LogP contribution in [0.1, 0.15) is 6.42 Å². The summed E-state index contributed by atoms with van der Waals surface area (Å²) in [7, 11) is 0. The van der Waals surface area contributed by atoms with Crippen LogP contribution in [-0.2, 0) is 18.9 Å². The van der Waals surface area contributed by atoms with Crippen LogP contribution in [-0.4, -0.2) is 135 Å². The van der Waals surface area contributed by atoms with Gasteiger partial charge in [0.25, 0.3) is 0 Å². The minimum atomic E-state index is -1.56. The lowest BCUT2D eigenvalue weighted by Gasteiger charge is -2.40. The third kappa shape index (κ3) is 6.01. The number of aliphatic hydroxyl groups excluding tert-OH is 8. The predicted molar refractivity (Wildman–Crippen MR) is 92.0 cm³/mol. The van der Waals surface area contributed by atoms with Gasteiger partial charge in [0.05, 0.1) is 26.4 Å². The quantitative estimate of drug-likeness (QED) is 0.167. The maximum absolute atomic E-state index is 9.89. The van der Waals surface area contributed by atoms with Crippen molar-refractivity contribution in [3.8, 4) is 0 Å². The maximum Gasteiger partial charge on any atom is 0.186 e. The highest BCUT2D eigenvalue weighted by molar-refractivity contribution is 4.90. The van der Waals surface area contributed by atoms with Crippen LogP contribution in [0, 0.1) is 0 Å². The Morgan fingerprint density at radius 1 is 0.690 bits per heavy atom. The summed E-state index contributed by atoms with van der Waals surface area (Å²) in [6.07, 6.45) is -13.7. The second-order valence-corrected chi connectivity index (χ2v) is 7.15. The van der Waals surface area contributed by atoms with Gasteiger partial charge in [0.15, 0.2) is 12.6 Å². The van der Waals surface area contributed by atoms with Crippen LogP contribution in [0.3, 0.4) is 0 Å². The number of ether oxygens (including phenoxy) is 4. The largest absolute Gasteiger partial charge is 0.394 e. The van der Waals surface area contributed by atoms with E-state index >= 15 is 0 Å². The fourth-order valence-electron chi connectivity index (χ4n) is 3.05. The first-order chi connectivity index (χ1) is 13.7. The van der Waals surface area contributed by atoms with E-state index in [9.17, 15) is 30.6 Å². The lowest BCUT2D eigenvalue weighted by atomic mass is 9.99. The Kier molecular flexibility index (Phi) is 9.56. The molecule has 13 heteroatoms. The van der Waals surface area contributed by atoms with E-state index in [0.29, 0.717) is 0 Å². The number of hydrogen-bond acceptors (Lipinski definition) is 13. The molecule has 0 unspecified atom stereocenters. The summed E-state index contributed by atoms with van der Waals surface area (Å²) in [6.45, 7) is -1.30. The van der Waals surface area contributed by atoms with Gasteiger partial charge >= 0.3 is 0 Å². The van der Waals surface area contributed by atoms with E-state index in [1.807, 2.05) is 0 Å². The van der Waals surface area contributed by atoms with Crippen molar-refractivity contribution in [3.63, 3.8) is 0 Å². The van der Waals surface area contributed by atoms with Gasteiger partial charge in [0, 0.05) is 6.04 Å². The van der Waals surface area contributed by atoms with Crippen molar-refractivity contribution in [2.45, 2.75) is 73.9 Å². The third-order valence-electron chi connectivity index (χ3n) is 4.94. The maximum atomic E-state index is 9.89. The van der Waals surface area contributed by atoms with Crippen LogP contribution in [0.25, 0.3) is 0 Å². The Balaban J connectivity index is 1.74. The Morgan fingerprint density at radius 2 is 1.14 bits per heavy atom. The van der Waals surface area contributed by atoms with Crippen molar-refractivity contribution >= 4 is 0 Å². The SMILES string of the molecule is N[C@@H](CCO[C@H]1O[C@H](CO)[C@@H](O)[C@H](O)[C@@H]1O)CO[C@H]1O[C@H](CO)[C@@H](O)[C@H](O)[C@@H]1O. The molecule has 2 aliphatic rings. The molecule has 2 heterocycles. The number of rotatable bonds is 9. The van der Waals surface area contributed by atoms with E-state index in [-0.39, 0.29) is 19.6 Å². The molecule has 2 rings (SSSR count). The Labute approximate surface area is 166 Å². The van der Waals surface area contributed by atoms with Crippen LogP contribution in [0.15, 0.2) is 0 Å². The minimum absolute atomic E-state index is 0.0259. The van der Waals surface area contributed by atoms with Gasteiger partial charge in [-0.2, -0.15) is 0 Å². The molecule has 10 N–H and O–H groups in total. The van der Waals surface area contributed by atoms with Crippen molar-refractivity contribution in [3.05, 3.63) is 0 Å². The normalized spacial score (nSPS) is 44.6. The molecular weight excluding hydrogens is 398 g/mol. The minimum Gasteiger partial charge on any atom is -0.394 e.